The van der Waals surface area contributed by atoms with E-state index in [-0.39, 0.29) is 0 Å². The van der Waals surface area contributed by atoms with Crippen molar-refractivity contribution >= 4 is 17.8 Å². The second-order valence-electron chi connectivity index (χ2n) is 7.24. The Kier molecular flexibility index (Phi) is 9.54. The van der Waals surface area contributed by atoms with Crippen LogP contribution in [0.3, 0.4) is 0 Å². The van der Waals surface area contributed by atoms with Crippen LogP contribution in [-0.2, 0) is 16.0 Å². The van der Waals surface area contributed by atoms with Gasteiger partial charge in [0.05, 0.1) is 40.6 Å². The molecule has 0 aliphatic heterocycles. The van der Waals surface area contributed by atoms with Crippen LogP contribution in [0.1, 0.15) is 18.4 Å². The largest absolute Gasteiger partial charge is 0.497 e. The summed E-state index contributed by atoms with van der Waals surface area (Å²) >= 11 is 0. The summed E-state index contributed by atoms with van der Waals surface area (Å²) in [7, 11) is 3.26. The number of anilines is 3. The van der Waals surface area contributed by atoms with Crippen LogP contribution in [0.4, 0.5) is 17.8 Å². The van der Waals surface area contributed by atoms with E-state index in [1.54, 1.807) is 14.2 Å². The Morgan fingerprint density at radius 3 is 2.09 bits per heavy atom. The smallest absolute Gasteiger partial charge is 0.229 e. The van der Waals surface area contributed by atoms with Gasteiger partial charge in [0.1, 0.15) is 11.5 Å². The van der Waals surface area contributed by atoms with Gasteiger partial charge in [-0.3, -0.25) is 0 Å². The third-order valence-corrected chi connectivity index (χ3v) is 4.57. The molecule has 0 amide bonds. The summed E-state index contributed by atoms with van der Waals surface area (Å²) in [4.78, 5) is 13.4. The molecule has 1 aromatic heterocycles. The van der Waals surface area contributed by atoms with E-state index in [1.807, 2.05) is 18.2 Å². The number of aromatic nitrogens is 3. The number of nitrogens with two attached hydrogens (primary N) is 1. The van der Waals surface area contributed by atoms with Crippen LogP contribution in [0.15, 0.2) is 18.2 Å². The molecule has 0 atom stereocenters. The van der Waals surface area contributed by atoms with Gasteiger partial charge in [-0.25, -0.2) is 0 Å². The van der Waals surface area contributed by atoms with Gasteiger partial charge < -0.3 is 40.6 Å². The molecule has 1 heterocycles. The highest BCUT2D eigenvalue weighted by molar-refractivity contribution is 5.45. The van der Waals surface area contributed by atoms with Gasteiger partial charge >= 0.3 is 0 Å². The summed E-state index contributed by atoms with van der Waals surface area (Å²) in [5.74, 6) is 2.96. The lowest BCUT2D eigenvalue weighted by Gasteiger charge is -2.12. The molecule has 1 aromatic carbocycles. The van der Waals surface area contributed by atoms with Gasteiger partial charge in [0, 0.05) is 31.7 Å². The molecule has 1 fully saturated rings. The van der Waals surface area contributed by atoms with E-state index in [0.717, 1.165) is 29.9 Å². The highest BCUT2D eigenvalue weighted by Crippen LogP contribution is 2.25. The molecule has 5 N–H and O–H groups in total. The first kappa shape index (κ1) is 23.8. The maximum Gasteiger partial charge on any atom is 0.229 e. The molecule has 1 aliphatic carbocycles. The van der Waals surface area contributed by atoms with Crippen LogP contribution in [0.25, 0.3) is 0 Å². The fourth-order valence-electron chi connectivity index (χ4n) is 2.80. The standard InChI is InChI=1S/C21H33N7O4/c1-29-17-11-15(12-18(13-17)30-2)14-24-20-26-19(27-21(28-20)25-16-3-4-16)23-6-8-32-10-9-31-7-5-22/h11-13,16H,3-10,14,22H2,1-2H3,(H3,23,24,25,26,27,28). The average Bonchev–Trinajstić information content (AvgIpc) is 3.63. The van der Waals surface area contributed by atoms with E-state index in [9.17, 15) is 0 Å². The minimum absolute atomic E-state index is 0.428. The van der Waals surface area contributed by atoms with Gasteiger partial charge in [-0.2, -0.15) is 15.0 Å². The number of hydrogen-bond acceptors (Lipinski definition) is 11. The molecule has 1 saturated carbocycles. The first-order valence-electron chi connectivity index (χ1n) is 10.8. The van der Waals surface area contributed by atoms with Crippen LogP contribution >= 0.6 is 0 Å². The zero-order valence-corrected chi connectivity index (χ0v) is 18.7. The number of benzene rings is 1. The van der Waals surface area contributed by atoms with Gasteiger partial charge in [-0.15, -0.1) is 0 Å². The van der Waals surface area contributed by atoms with Crippen molar-refractivity contribution in [1.29, 1.82) is 0 Å². The molecule has 2 aromatic rings. The Hall–Kier alpha value is -2.89. The molecule has 3 rings (SSSR count). The van der Waals surface area contributed by atoms with Crippen LogP contribution in [0.2, 0.25) is 0 Å². The predicted molar refractivity (Wildman–Crippen MR) is 123 cm³/mol. The van der Waals surface area contributed by atoms with E-state index in [0.29, 0.717) is 69.9 Å². The Morgan fingerprint density at radius 1 is 0.844 bits per heavy atom. The molecule has 0 unspecified atom stereocenters. The molecule has 1 aliphatic rings. The SMILES string of the molecule is COc1cc(CNc2nc(NCCOCCOCCN)nc(NC3CC3)n2)cc(OC)c1. The number of ether oxygens (including phenoxy) is 4. The van der Waals surface area contributed by atoms with Gasteiger partial charge in [0.15, 0.2) is 0 Å². The number of nitrogens with one attached hydrogen (secondary N) is 3. The molecule has 176 valence electrons. The van der Waals surface area contributed by atoms with E-state index in [2.05, 4.69) is 30.9 Å². The second kappa shape index (κ2) is 12.8. The maximum absolute atomic E-state index is 5.53. The number of methoxy groups -OCH3 is 2. The first-order valence-corrected chi connectivity index (χ1v) is 10.8. The Morgan fingerprint density at radius 2 is 1.47 bits per heavy atom. The molecular formula is C21H33N7O4. The molecule has 11 nitrogen and oxygen atoms in total. The van der Waals surface area contributed by atoms with Crippen molar-refractivity contribution in [3.63, 3.8) is 0 Å². The molecule has 0 spiro atoms. The molecule has 0 bridgehead atoms. The fraction of sp³-hybridized carbons (Fsp3) is 0.571. The summed E-state index contributed by atoms with van der Waals surface area (Å²) in [6, 6.07) is 6.14. The third kappa shape index (κ3) is 8.33. The summed E-state index contributed by atoms with van der Waals surface area (Å²) in [6.45, 7) is 3.69. The molecule has 0 radical (unpaired) electrons. The summed E-state index contributed by atoms with van der Waals surface area (Å²) in [6.07, 6.45) is 2.25. The minimum atomic E-state index is 0.428. The number of hydrogen-bond donors (Lipinski definition) is 4. The normalized spacial score (nSPS) is 13.0. The Labute approximate surface area is 188 Å². The minimum Gasteiger partial charge on any atom is -0.497 e. The van der Waals surface area contributed by atoms with Crippen LogP contribution in [0, 0.1) is 0 Å². The van der Waals surface area contributed by atoms with Gasteiger partial charge in [-0.1, -0.05) is 0 Å². The van der Waals surface area contributed by atoms with E-state index in [1.165, 1.54) is 0 Å². The average molecular weight is 448 g/mol. The van der Waals surface area contributed by atoms with Crippen LogP contribution < -0.4 is 31.2 Å². The monoisotopic (exact) mass is 447 g/mol. The fourth-order valence-corrected chi connectivity index (χ4v) is 2.80. The highest BCUT2D eigenvalue weighted by atomic mass is 16.5. The van der Waals surface area contributed by atoms with Crippen LogP contribution in [0.5, 0.6) is 11.5 Å². The van der Waals surface area contributed by atoms with Crippen molar-refractivity contribution in [2.45, 2.75) is 25.4 Å². The zero-order chi connectivity index (χ0) is 22.6. The molecule has 11 heteroatoms. The summed E-state index contributed by atoms with van der Waals surface area (Å²) < 4.78 is 21.5. The maximum atomic E-state index is 5.53. The van der Waals surface area contributed by atoms with Gasteiger partial charge in [-0.05, 0) is 30.5 Å². The van der Waals surface area contributed by atoms with E-state index >= 15 is 0 Å². The summed E-state index contributed by atoms with van der Waals surface area (Å²) in [5.41, 5.74) is 6.36. The predicted octanol–water partition coefficient (Wildman–Crippen LogP) is 1.48. The molecule has 0 saturated heterocycles. The first-order chi connectivity index (χ1) is 15.7. The highest BCUT2D eigenvalue weighted by Gasteiger charge is 2.22. The zero-order valence-electron chi connectivity index (χ0n) is 18.7. The van der Waals surface area contributed by atoms with E-state index < -0.39 is 0 Å². The van der Waals surface area contributed by atoms with Crippen molar-refractivity contribution in [2.24, 2.45) is 5.73 Å². The van der Waals surface area contributed by atoms with E-state index in [4.69, 9.17) is 24.7 Å². The lowest BCUT2D eigenvalue weighted by Crippen LogP contribution is -2.17. The van der Waals surface area contributed by atoms with Crippen molar-refractivity contribution < 1.29 is 18.9 Å². The van der Waals surface area contributed by atoms with Gasteiger partial charge in [0.25, 0.3) is 0 Å². The van der Waals surface area contributed by atoms with Crippen molar-refractivity contribution in [2.75, 3.05) is 69.7 Å². The quantitative estimate of drug-likeness (QED) is 0.278. The summed E-state index contributed by atoms with van der Waals surface area (Å²) in [5, 5.41) is 9.77. The van der Waals surface area contributed by atoms with Crippen molar-refractivity contribution in [3.05, 3.63) is 23.8 Å². The van der Waals surface area contributed by atoms with Crippen molar-refractivity contribution in [3.8, 4) is 11.5 Å². The molecule has 32 heavy (non-hydrogen) atoms. The Balaban J connectivity index is 1.55. The number of nitrogens with zero attached hydrogens (tertiary/aromatic N) is 3. The molecular weight excluding hydrogens is 414 g/mol. The lowest BCUT2D eigenvalue weighted by atomic mass is 10.2. The number of rotatable bonds is 16. The lowest BCUT2D eigenvalue weighted by molar-refractivity contribution is 0.0547. The van der Waals surface area contributed by atoms with Gasteiger partial charge in [0.2, 0.25) is 17.8 Å². The topological polar surface area (TPSA) is 138 Å². The van der Waals surface area contributed by atoms with Crippen molar-refractivity contribution in [1.82, 2.24) is 15.0 Å². The Bertz CT molecular complexity index is 814. The third-order valence-electron chi connectivity index (χ3n) is 4.57. The second-order valence-corrected chi connectivity index (χ2v) is 7.24. The van der Waals surface area contributed by atoms with Crippen LogP contribution in [-0.4, -0.2) is 74.7 Å².